The van der Waals surface area contributed by atoms with Gasteiger partial charge in [-0.2, -0.15) is 0 Å². The zero-order valence-electron chi connectivity index (χ0n) is 12.2. The SMILES string of the molecule is CN1CCC(O)(Cn2cnc(N3CC(F)C3)cc2=O)CC1. The molecule has 7 heteroatoms. The van der Waals surface area contributed by atoms with E-state index in [1.54, 1.807) is 4.90 Å². The Hall–Kier alpha value is -1.47. The topological polar surface area (TPSA) is 61.6 Å². The summed E-state index contributed by atoms with van der Waals surface area (Å²) in [5, 5.41) is 10.6. The fourth-order valence-corrected chi connectivity index (χ4v) is 2.83. The standard InChI is InChI=1S/C14H21FN4O2/c1-17-4-2-14(21,3-5-17)9-19-10-16-12(6-13(19)20)18-7-11(15)8-18/h6,10-11,21H,2-5,7-9H2,1H3. The van der Waals surface area contributed by atoms with E-state index in [1.165, 1.54) is 17.0 Å². The fraction of sp³-hybridized carbons (Fsp3) is 0.714. The van der Waals surface area contributed by atoms with E-state index in [0.717, 1.165) is 13.1 Å². The number of nitrogens with zero attached hydrogens (tertiary/aromatic N) is 4. The lowest BCUT2D eigenvalue weighted by molar-refractivity contribution is -0.0299. The van der Waals surface area contributed by atoms with Crippen LogP contribution in [0.3, 0.4) is 0 Å². The number of hydrogen-bond donors (Lipinski definition) is 1. The quantitative estimate of drug-likeness (QED) is 0.841. The highest BCUT2D eigenvalue weighted by molar-refractivity contribution is 5.40. The third-order valence-corrected chi connectivity index (χ3v) is 4.41. The Morgan fingerprint density at radius 3 is 2.67 bits per heavy atom. The molecule has 6 nitrogen and oxygen atoms in total. The molecule has 1 aromatic heterocycles. The maximum absolute atomic E-state index is 12.8. The Morgan fingerprint density at radius 2 is 2.10 bits per heavy atom. The van der Waals surface area contributed by atoms with Crippen molar-refractivity contribution in [2.45, 2.75) is 31.2 Å². The summed E-state index contributed by atoms with van der Waals surface area (Å²) in [6.45, 7) is 2.50. The molecule has 3 heterocycles. The number of piperidine rings is 1. The summed E-state index contributed by atoms with van der Waals surface area (Å²) in [7, 11) is 2.02. The number of alkyl halides is 1. The first-order chi connectivity index (χ1) is 9.95. The van der Waals surface area contributed by atoms with Gasteiger partial charge in [0, 0.05) is 19.2 Å². The lowest BCUT2D eigenvalue weighted by atomic mass is 9.91. The van der Waals surface area contributed by atoms with Gasteiger partial charge in [-0.1, -0.05) is 0 Å². The Balaban J connectivity index is 1.70. The molecule has 0 unspecified atom stereocenters. The Kier molecular flexibility index (Phi) is 3.71. The molecule has 0 atom stereocenters. The van der Waals surface area contributed by atoms with Gasteiger partial charge in [-0.3, -0.25) is 9.36 Å². The van der Waals surface area contributed by atoms with Crippen molar-refractivity contribution in [2.75, 3.05) is 38.1 Å². The summed E-state index contributed by atoms with van der Waals surface area (Å²) < 4.78 is 14.3. The van der Waals surface area contributed by atoms with Gasteiger partial charge in [0.25, 0.3) is 5.56 Å². The Bertz CT molecular complexity index is 562. The molecule has 0 aromatic carbocycles. The summed E-state index contributed by atoms with van der Waals surface area (Å²) >= 11 is 0. The molecule has 0 spiro atoms. The molecule has 21 heavy (non-hydrogen) atoms. The molecular weight excluding hydrogens is 275 g/mol. The zero-order valence-corrected chi connectivity index (χ0v) is 12.2. The Morgan fingerprint density at radius 1 is 1.43 bits per heavy atom. The van der Waals surface area contributed by atoms with Crippen LogP contribution in [0.4, 0.5) is 10.2 Å². The summed E-state index contributed by atoms with van der Waals surface area (Å²) in [6, 6.07) is 1.42. The normalized spacial score (nSPS) is 23.1. The van der Waals surface area contributed by atoms with E-state index in [0.29, 0.717) is 31.7 Å². The van der Waals surface area contributed by atoms with Gasteiger partial charge in [-0.25, -0.2) is 9.37 Å². The highest BCUT2D eigenvalue weighted by Crippen LogP contribution is 2.23. The van der Waals surface area contributed by atoms with Gasteiger partial charge in [-0.05, 0) is 19.9 Å². The fourth-order valence-electron chi connectivity index (χ4n) is 2.83. The van der Waals surface area contributed by atoms with E-state index in [-0.39, 0.29) is 12.1 Å². The average molecular weight is 296 g/mol. The van der Waals surface area contributed by atoms with Crippen molar-refractivity contribution >= 4 is 5.82 Å². The maximum atomic E-state index is 12.8. The van der Waals surface area contributed by atoms with E-state index in [4.69, 9.17) is 0 Å². The first kappa shape index (κ1) is 14.5. The van der Waals surface area contributed by atoms with Crippen LogP contribution in [0.15, 0.2) is 17.2 Å². The minimum Gasteiger partial charge on any atom is -0.388 e. The minimum absolute atomic E-state index is 0.199. The molecule has 0 bridgehead atoms. The second kappa shape index (κ2) is 5.38. The maximum Gasteiger partial charge on any atom is 0.255 e. The smallest absolute Gasteiger partial charge is 0.255 e. The van der Waals surface area contributed by atoms with Gasteiger partial charge in [0.05, 0.1) is 31.6 Å². The molecule has 116 valence electrons. The molecule has 0 amide bonds. The van der Waals surface area contributed by atoms with Crippen molar-refractivity contribution in [3.05, 3.63) is 22.7 Å². The van der Waals surface area contributed by atoms with Crippen LogP contribution in [0.5, 0.6) is 0 Å². The van der Waals surface area contributed by atoms with Crippen molar-refractivity contribution in [1.29, 1.82) is 0 Å². The van der Waals surface area contributed by atoms with E-state index in [2.05, 4.69) is 9.88 Å². The van der Waals surface area contributed by atoms with Crippen LogP contribution in [-0.2, 0) is 6.54 Å². The summed E-state index contributed by atoms with van der Waals surface area (Å²) in [5.41, 5.74) is -1.05. The molecule has 1 aromatic rings. The molecule has 3 rings (SSSR count). The lowest BCUT2D eigenvalue weighted by Crippen LogP contribution is -2.50. The van der Waals surface area contributed by atoms with Crippen molar-refractivity contribution in [2.24, 2.45) is 0 Å². The van der Waals surface area contributed by atoms with Crippen LogP contribution in [0.2, 0.25) is 0 Å². The number of anilines is 1. The summed E-state index contributed by atoms with van der Waals surface area (Å²) in [5.74, 6) is 0.514. The van der Waals surface area contributed by atoms with Crippen LogP contribution in [0.1, 0.15) is 12.8 Å². The van der Waals surface area contributed by atoms with Gasteiger partial charge >= 0.3 is 0 Å². The van der Waals surface area contributed by atoms with Crippen LogP contribution >= 0.6 is 0 Å². The minimum atomic E-state index is -0.847. The van der Waals surface area contributed by atoms with Crippen molar-refractivity contribution in [1.82, 2.24) is 14.5 Å². The number of rotatable bonds is 3. The second-order valence-corrected chi connectivity index (χ2v) is 6.24. The summed E-state index contributed by atoms with van der Waals surface area (Å²) in [6.07, 6.45) is 1.93. The van der Waals surface area contributed by atoms with Crippen LogP contribution in [-0.4, -0.2) is 64.6 Å². The molecule has 0 radical (unpaired) electrons. The highest BCUT2D eigenvalue weighted by atomic mass is 19.1. The van der Waals surface area contributed by atoms with Gasteiger partial charge in [0.1, 0.15) is 12.0 Å². The predicted octanol–water partition coefficient (Wildman–Crippen LogP) is -0.142. The first-order valence-electron chi connectivity index (χ1n) is 7.32. The lowest BCUT2D eigenvalue weighted by Gasteiger charge is -2.37. The van der Waals surface area contributed by atoms with Gasteiger partial charge in [-0.15, -0.1) is 0 Å². The molecule has 2 aliphatic heterocycles. The predicted molar refractivity (Wildman–Crippen MR) is 77.3 cm³/mol. The van der Waals surface area contributed by atoms with Crippen LogP contribution in [0, 0.1) is 0 Å². The van der Waals surface area contributed by atoms with E-state index in [1.807, 2.05) is 7.05 Å². The van der Waals surface area contributed by atoms with Gasteiger partial charge < -0.3 is 14.9 Å². The number of halogens is 1. The average Bonchev–Trinajstić information content (AvgIpc) is 2.42. The molecule has 2 aliphatic rings. The van der Waals surface area contributed by atoms with E-state index < -0.39 is 11.8 Å². The molecule has 1 N–H and O–H groups in total. The third-order valence-electron chi connectivity index (χ3n) is 4.41. The van der Waals surface area contributed by atoms with E-state index >= 15 is 0 Å². The summed E-state index contributed by atoms with van der Waals surface area (Å²) in [4.78, 5) is 20.2. The van der Waals surface area contributed by atoms with Crippen molar-refractivity contribution < 1.29 is 9.50 Å². The molecule has 0 saturated carbocycles. The van der Waals surface area contributed by atoms with Gasteiger partial charge in [0.15, 0.2) is 0 Å². The second-order valence-electron chi connectivity index (χ2n) is 6.24. The monoisotopic (exact) mass is 296 g/mol. The largest absolute Gasteiger partial charge is 0.388 e. The van der Waals surface area contributed by atoms with Crippen LogP contribution in [0.25, 0.3) is 0 Å². The van der Waals surface area contributed by atoms with Crippen molar-refractivity contribution in [3.63, 3.8) is 0 Å². The number of aliphatic hydroxyl groups is 1. The highest BCUT2D eigenvalue weighted by Gasteiger charge is 2.32. The molecule has 2 saturated heterocycles. The molecular formula is C14H21FN4O2. The first-order valence-corrected chi connectivity index (χ1v) is 7.32. The van der Waals surface area contributed by atoms with Gasteiger partial charge in [0.2, 0.25) is 0 Å². The van der Waals surface area contributed by atoms with Crippen LogP contribution < -0.4 is 10.5 Å². The number of likely N-dealkylation sites (tertiary alicyclic amines) is 1. The van der Waals surface area contributed by atoms with E-state index in [9.17, 15) is 14.3 Å². The molecule has 0 aliphatic carbocycles. The number of aromatic nitrogens is 2. The van der Waals surface area contributed by atoms with Crippen molar-refractivity contribution in [3.8, 4) is 0 Å². The number of hydrogen-bond acceptors (Lipinski definition) is 5. The Labute approximate surface area is 122 Å². The molecule has 2 fully saturated rings. The third kappa shape index (κ3) is 3.08. The zero-order chi connectivity index (χ0) is 15.0.